The van der Waals surface area contributed by atoms with Crippen molar-refractivity contribution in [2.75, 3.05) is 19.7 Å². The second-order valence-electron chi connectivity index (χ2n) is 13.0. The monoisotopic (exact) mass is 753 g/mol. The molecule has 13 heteroatoms. The van der Waals surface area contributed by atoms with Crippen molar-refractivity contribution in [1.29, 1.82) is 0 Å². The summed E-state index contributed by atoms with van der Waals surface area (Å²) in [6, 6.07) is 17.4. The van der Waals surface area contributed by atoms with Crippen LogP contribution >= 0.6 is 15.9 Å². The minimum absolute atomic E-state index is 0.0407. The summed E-state index contributed by atoms with van der Waals surface area (Å²) in [5, 5.41) is 32.8. The van der Waals surface area contributed by atoms with Crippen molar-refractivity contribution in [3.8, 4) is 5.75 Å². The van der Waals surface area contributed by atoms with Gasteiger partial charge in [-0.3, -0.25) is 9.59 Å². The van der Waals surface area contributed by atoms with Gasteiger partial charge in [-0.15, -0.1) is 0 Å². The molecule has 2 aliphatic heterocycles. The molecule has 3 aromatic carbocycles. The van der Waals surface area contributed by atoms with Gasteiger partial charge in [-0.2, -0.15) is 0 Å². The molecule has 0 aromatic heterocycles. The van der Waals surface area contributed by atoms with Crippen molar-refractivity contribution in [3.63, 3.8) is 0 Å². The van der Waals surface area contributed by atoms with Crippen LogP contribution in [0.25, 0.3) is 5.57 Å². The van der Waals surface area contributed by atoms with Crippen molar-refractivity contribution in [2.45, 2.75) is 69.0 Å². The predicted octanol–water partition coefficient (Wildman–Crippen LogP) is 4.06. The van der Waals surface area contributed by atoms with E-state index in [1.807, 2.05) is 24.3 Å². The fourth-order valence-electron chi connectivity index (χ4n) is 6.64. The average Bonchev–Trinajstić information content (AvgIpc) is 3.95. The molecule has 50 heavy (non-hydrogen) atoms. The molecule has 2 bridgehead atoms. The van der Waals surface area contributed by atoms with Gasteiger partial charge in [0.2, 0.25) is 0 Å². The molecule has 0 spiro atoms. The highest BCUT2D eigenvalue weighted by Gasteiger charge is 2.45. The van der Waals surface area contributed by atoms with E-state index in [0.29, 0.717) is 47.2 Å². The number of hydrogen-bond donors (Lipinski definition) is 4. The molecule has 4 atom stereocenters. The molecule has 1 unspecified atom stereocenters. The van der Waals surface area contributed by atoms with E-state index in [1.54, 1.807) is 29.2 Å². The van der Waals surface area contributed by atoms with Gasteiger partial charge in [0.1, 0.15) is 17.4 Å². The lowest BCUT2D eigenvalue weighted by Crippen LogP contribution is -2.64. The summed E-state index contributed by atoms with van der Waals surface area (Å²) >= 11 is 3.37. The van der Waals surface area contributed by atoms with Crippen LogP contribution in [-0.4, -0.2) is 92.9 Å². The Morgan fingerprint density at radius 1 is 1.00 bits per heavy atom. The van der Waals surface area contributed by atoms with Crippen LogP contribution in [-0.2, 0) is 27.3 Å². The van der Waals surface area contributed by atoms with E-state index in [-0.39, 0.29) is 43.4 Å². The smallest absolute Gasteiger partial charge is 0.335 e. The van der Waals surface area contributed by atoms with Gasteiger partial charge in [0.15, 0.2) is 12.2 Å². The van der Waals surface area contributed by atoms with Crippen molar-refractivity contribution in [2.24, 2.45) is 0 Å². The average molecular weight is 755 g/mol. The largest absolute Gasteiger partial charge is 0.492 e. The number of aliphatic carboxylic acids is 1. The van der Waals surface area contributed by atoms with Gasteiger partial charge in [0.05, 0.1) is 17.1 Å². The molecule has 2 heterocycles. The Labute approximate surface area is 296 Å². The number of piperazine rings is 1. The number of rotatable bonds is 13. The van der Waals surface area contributed by atoms with E-state index in [4.69, 9.17) is 9.84 Å². The molecule has 264 valence electrons. The number of fused-ring (bicyclic) bond motifs is 2. The number of benzene rings is 3. The molecule has 6 rings (SSSR count). The Morgan fingerprint density at radius 2 is 1.74 bits per heavy atom. The summed E-state index contributed by atoms with van der Waals surface area (Å²) in [6.45, 7) is 0.545. The molecule has 1 saturated heterocycles. The number of carboxylic acids is 1. The van der Waals surface area contributed by atoms with Gasteiger partial charge in [-0.25, -0.2) is 13.6 Å². The number of carboxylic acid groups (broad SMARTS) is 1. The first-order valence-corrected chi connectivity index (χ1v) is 17.4. The van der Waals surface area contributed by atoms with E-state index in [1.165, 1.54) is 23.1 Å². The quantitative estimate of drug-likeness (QED) is 0.192. The fourth-order valence-corrected chi connectivity index (χ4v) is 7.00. The third kappa shape index (κ3) is 8.07. The van der Waals surface area contributed by atoms with Crippen LogP contribution in [0.15, 0.2) is 76.8 Å². The van der Waals surface area contributed by atoms with Crippen molar-refractivity contribution < 1.29 is 43.2 Å². The zero-order valence-corrected chi connectivity index (χ0v) is 28.7. The summed E-state index contributed by atoms with van der Waals surface area (Å²) in [5.41, 5.74) is 3.49. The number of carbonyl (C=O) groups excluding carboxylic acids is 2. The third-order valence-corrected chi connectivity index (χ3v) is 10.0. The first-order valence-electron chi connectivity index (χ1n) is 16.6. The lowest BCUT2D eigenvalue weighted by molar-refractivity contribution is -0.163. The molecule has 3 aliphatic rings. The minimum Gasteiger partial charge on any atom is -0.492 e. The Kier molecular flexibility index (Phi) is 11.0. The number of aryl methyl sites for hydroxylation is 1. The predicted molar refractivity (Wildman–Crippen MR) is 183 cm³/mol. The number of halogens is 3. The highest BCUT2D eigenvalue weighted by Crippen LogP contribution is 2.38. The van der Waals surface area contributed by atoms with E-state index >= 15 is 0 Å². The molecule has 3 aromatic rings. The van der Waals surface area contributed by atoms with Crippen molar-refractivity contribution in [1.82, 2.24) is 15.1 Å². The van der Waals surface area contributed by atoms with Gasteiger partial charge in [-0.05, 0) is 82.9 Å². The highest BCUT2D eigenvalue weighted by atomic mass is 79.9. The second kappa shape index (κ2) is 15.4. The van der Waals surface area contributed by atoms with Crippen LogP contribution in [0.2, 0.25) is 0 Å². The minimum atomic E-state index is -2.29. The van der Waals surface area contributed by atoms with Gasteiger partial charge in [-0.1, -0.05) is 42.5 Å². The standard InChI is InChI=1S/C37H38BrF2N3O7/c38-28-14-11-24(39)16-31(28)50-15-3-4-21-7-9-22(10-8-21)27-17-25-19-42(36(47)33(44)34(45)37(48)49)20-30(41-25)32(27)35(46)43(26-12-13-26)18-23-5-1-2-6-29(23)40/h1-2,5-11,14,16,25-26,30,33-34,41,44-45H,3-4,12-13,15,17-20H2,(H,48,49)/t25-,30-,33-,34?/m1/s1. The maximum atomic E-state index is 14.8. The maximum absolute atomic E-state index is 14.8. The van der Waals surface area contributed by atoms with Crippen LogP contribution in [0.4, 0.5) is 8.78 Å². The molecular weight excluding hydrogens is 716 g/mol. The summed E-state index contributed by atoms with van der Waals surface area (Å²) in [6.07, 6.45) is -1.15. The van der Waals surface area contributed by atoms with Gasteiger partial charge in [0.25, 0.3) is 11.8 Å². The zero-order valence-electron chi connectivity index (χ0n) is 27.1. The van der Waals surface area contributed by atoms with Crippen molar-refractivity contribution >= 4 is 39.3 Å². The van der Waals surface area contributed by atoms with Gasteiger partial charge < -0.3 is 35.2 Å². The summed E-state index contributed by atoms with van der Waals surface area (Å²) in [5.74, 6) is -3.30. The number of aliphatic hydroxyl groups is 2. The Morgan fingerprint density at radius 3 is 2.44 bits per heavy atom. The lowest BCUT2D eigenvalue weighted by atomic mass is 9.82. The number of ether oxygens (including phenoxy) is 1. The van der Waals surface area contributed by atoms with Crippen LogP contribution in [0.3, 0.4) is 0 Å². The SMILES string of the molecule is O=C(O)C(O)[C@@H](O)C(=O)N1C[C@H]2CC(c3ccc(CCCOc4cc(F)ccc4Br)cc3)=C(C(=O)N(Cc3ccccc3F)C3CC3)[C@@H](C1)N2. The molecule has 10 nitrogen and oxygen atoms in total. The number of aliphatic hydroxyl groups excluding tert-OH is 2. The number of nitrogens with zero attached hydrogens (tertiary/aromatic N) is 2. The molecule has 2 amide bonds. The first kappa shape index (κ1) is 35.6. The molecule has 1 aliphatic carbocycles. The van der Waals surface area contributed by atoms with Crippen LogP contribution in [0, 0.1) is 11.6 Å². The van der Waals surface area contributed by atoms with E-state index in [2.05, 4.69) is 21.2 Å². The third-order valence-electron chi connectivity index (χ3n) is 9.36. The lowest BCUT2D eigenvalue weighted by Gasteiger charge is -2.45. The second-order valence-corrected chi connectivity index (χ2v) is 13.8. The number of hydrogen-bond acceptors (Lipinski definition) is 7. The summed E-state index contributed by atoms with van der Waals surface area (Å²) < 4.78 is 34.8. The zero-order chi connectivity index (χ0) is 35.5. The molecule has 2 fully saturated rings. The normalized spacial score (nSPS) is 19.9. The van der Waals surface area contributed by atoms with Crippen LogP contribution in [0.1, 0.15) is 42.4 Å². The highest BCUT2D eigenvalue weighted by molar-refractivity contribution is 9.10. The number of carbonyl (C=O) groups is 3. The first-order chi connectivity index (χ1) is 24.0. The maximum Gasteiger partial charge on any atom is 0.335 e. The topological polar surface area (TPSA) is 140 Å². The molecule has 0 radical (unpaired) electrons. The summed E-state index contributed by atoms with van der Waals surface area (Å²) in [7, 11) is 0. The van der Waals surface area contributed by atoms with Crippen LogP contribution in [0.5, 0.6) is 5.75 Å². The molecular formula is C37H38BrF2N3O7. The Balaban J connectivity index is 1.25. The number of amides is 2. The van der Waals surface area contributed by atoms with E-state index < -0.39 is 35.9 Å². The van der Waals surface area contributed by atoms with E-state index in [0.717, 1.165) is 29.5 Å². The van der Waals surface area contributed by atoms with Gasteiger partial charge in [0, 0.05) is 48.9 Å². The fraction of sp³-hybridized carbons (Fsp3) is 0.378. The Hall–Kier alpha value is -4.17. The molecule has 4 N–H and O–H groups in total. The Bertz CT molecular complexity index is 1780. The van der Waals surface area contributed by atoms with Crippen LogP contribution < -0.4 is 10.1 Å². The van der Waals surface area contributed by atoms with Crippen molar-refractivity contribution in [3.05, 3.63) is 105 Å². The van der Waals surface area contributed by atoms with E-state index in [9.17, 15) is 33.4 Å². The number of nitrogens with one attached hydrogen (secondary N) is 1. The molecule has 1 saturated carbocycles. The summed E-state index contributed by atoms with van der Waals surface area (Å²) in [4.78, 5) is 42.0. The van der Waals surface area contributed by atoms with Gasteiger partial charge >= 0.3 is 5.97 Å².